The summed E-state index contributed by atoms with van der Waals surface area (Å²) in [5.41, 5.74) is -5.93. The number of ether oxygens (including phenoxy) is 1. The first-order valence-electron chi connectivity index (χ1n) is 6.81. The van der Waals surface area contributed by atoms with Crippen molar-refractivity contribution in [3.05, 3.63) is 58.0 Å². The van der Waals surface area contributed by atoms with Crippen molar-refractivity contribution < 1.29 is 30.5 Å². The van der Waals surface area contributed by atoms with Crippen LogP contribution >= 0.6 is 0 Å². The Morgan fingerprint density at radius 3 is 2.44 bits per heavy atom. The molecule has 0 spiro atoms. The van der Waals surface area contributed by atoms with Gasteiger partial charge in [0.25, 0.3) is 5.56 Å². The minimum Gasteiger partial charge on any atom is -0.374 e. The van der Waals surface area contributed by atoms with E-state index in [-0.39, 0.29) is 18.9 Å². The summed E-state index contributed by atoms with van der Waals surface area (Å²) in [4.78, 5) is 12.0. The van der Waals surface area contributed by atoms with Crippen LogP contribution in [0, 0.1) is 6.92 Å². The molecule has 2 aromatic rings. The molecule has 1 heterocycles. The predicted molar refractivity (Wildman–Crippen MR) is 80.1 cm³/mol. The van der Waals surface area contributed by atoms with E-state index < -0.39 is 26.9 Å². The van der Waals surface area contributed by atoms with Crippen LogP contribution in [-0.2, 0) is 28.2 Å². The van der Waals surface area contributed by atoms with Gasteiger partial charge >= 0.3 is 15.6 Å². The van der Waals surface area contributed by atoms with Crippen molar-refractivity contribution in [2.75, 3.05) is 0 Å². The molecule has 0 bridgehead atoms. The molecular formula is C14H13F3N2O5S. The third kappa shape index (κ3) is 4.57. The molecule has 0 aliphatic rings. The van der Waals surface area contributed by atoms with Gasteiger partial charge < -0.3 is 8.92 Å². The standard InChI is InChI=1S/C14H13F3N2O5S/c1-10-12(24-25(21,22)14(15,16)17)7-18-19(13(10)20)9-23-8-11-5-3-2-4-6-11/h2-7H,8-9H2,1H3. The first-order valence-corrected chi connectivity index (χ1v) is 8.22. The van der Waals surface area contributed by atoms with E-state index in [2.05, 4.69) is 9.28 Å². The Hall–Kier alpha value is -2.40. The maximum Gasteiger partial charge on any atom is 0.534 e. The molecule has 0 fully saturated rings. The number of nitrogens with zero attached hydrogens (tertiary/aromatic N) is 2. The molecule has 11 heteroatoms. The molecule has 0 saturated carbocycles. The van der Waals surface area contributed by atoms with Gasteiger partial charge in [0.15, 0.2) is 5.75 Å². The van der Waals surface area contributed by atoms with Gasteiger partial charge in [-0.15, -0.1) is 0 Å². The van der Waals surface area contributed by atoms with Crippen LogP contribution < -0.4 is 9.74 Å². The van der Waals surface area contributed by atoms with E-state index in [1.807, 2.05) is 6.07 Å². The summed E-state index contributed by atoms with van der Waals surface area (Å²) in [6.45, 7) is 1.05. The fourth-order valence-corrected chi connectivity index (χ4v) is 2.23. The quantitative estimate of drug-likeness (QED) is 0.564. The third-order valence-corrected chi connectivity index (χ3v) is 4.01. The number of benzene rings is 1. The molecule has 7 nitrogen and oxygen atoms in total. The van der Waals surface area contributed by atoms with Gasteiger partial charge in [-0.3, -0.25) is 4.79 Å². The summed E-state index contributed by atoms with van der Waals surface area (Å²) in [5.74, 6) is -0.790. The largest absolute Gasteiger partial charge is 0.534 e. The minimum atomic E-state index is -5.88. The van der Waals surface area contributed by atoms with E-state index in [0.29, 0.717) is 6.20 Å². The van der Waals surface area contributed by atoms with Crippen molar-refractivity contribution in [1.82, 2.24) is 9.78 Å². The summed E-state index contributed by atoms with van der Waals surface area (Å²) in [6.07, 6.45) is 0.714. The average Bonchev–Trinajstić information content (AvgIpc) is 2.54. The van der Waals surface area contributed by atoms with Crippen molar-refractivity contribution in [3.63, 3.8) is 0 Å². The fraction of sp³-hybridized carbons (Fsp3) is 0.286. The summed E-state index contributed by atoms with van der Waals surface area (Å²) in [7, 11) is -5.88. The van der Waals surface area contributed by atoms with Gasteiger partial charge in [-0.05, 0) is 12.5 Å². The molecule has 25 heavy (non-hydrogen) atoms. The topological polar surface area (TPSA) is 87.5 Å². The lowest BCUT2D eigenvalue weighted by Crippen LogP contribution is -2.31. The van der Waals surface area contributed by atoms with E-state index in [0.717, 1.165) is 17.2 Å². The Morgan fingerprint density at radius 2 is 1.84 bits per heavy atom. The van der Waals surface area contributed by atoms with Gasteiger partial charge in [0.2, 0.25) is 0 Å². The highest BCUT2D eigenvalue weighted by molar-refractivity contribution is 7.88. The van der Waals surface area contributed by atoms with E-state index in [1.165, 1.54) is 0 Å². The van der Waals surface area contributed by atoms with Crippen LogP contribution in [0.3, 0.4) is 0 Å². The van der Waals surface area contributed by atoms with Crippen molar-refractivity contribution in [2.24, 2.45) is 0 Å². The van der Waals surface area contributed by atoms with Crippen molar-refractivity contribution in [1.29, 1.82) is 0 Å². The molecule has 0 N–H and O–H groups in total. The molecule has 0 radical (unpaired) electrons. The summed E-state index contributed by atoms with van der Waals surface area (Å²) in [5, 5.41) is 3.56. The highest BCUT2D eigenvalue weighted by Gasteiger charge is 2.48. The molecule has 2 rings (SSSR count). The van der Waals surface area contributed by atoms with E-state index in [4.69, 9.17) is 4.74 Å². The lowest BCUT2D eigenvalue weighted by atomic mass is 10.2. The number of halogens is 3. The van der Waals surface area contributed by atoms with Crippen LogP contribution in [0.5, 0.6) is 5.75 Å². The predicted octanol–water partition coefficient (Wildman–Crippen LogP) is 1.95. The molecule has 0 amide bonds. The Labute approximate surface area is 140 Å². The van der Waals surface area contributed by atoms with Crippen LogP contribution in [0.15, 0.2) is 41.3 Å². The summed E-state index contributed by atoms with van der Waals surface area (Å²) >= 11 is 0. The van der Waals surface area contributed by atoms with E-state index in [1.54, 1.807) is 24.3 Å². The molecule has 1 aromatic carbocycles. The Kier molecular flexibility index (Phi) is 5.48. The van der Waals surface area contributed by atoms with Crippen molar-refractivity contribution in [3.8, 4) is 5.75 Å². The summed E-state index contributed by atoms with van der Waals surface area (Å²) < 4.78 is 69.0. The van der Waals surface area contributed by atoms with E-state index in [9.17, 15) is 26.4 Å². The monoisotopic (exact) mass is 378 g/mol. The lowest BCUT2D eigenvalue weighted by Gasteiger charge is -2.12. The molecule has 1 aromatic heterocycles. The second-order valence-corrected chi connectivity index (χ2v) is 6.42. The van der Waals surface area contributed by atoms with Crippen LogP contribution in [0.1, 0.15) is 11.1 Å². The van der Waals surface area contributed by atoms with Gasteiger partial charge in [0.1, 0.15) is 6.73 Å². The van der Waals surface area contributed by atoms with Gasteiger partial charge in [-0.25, -0.2) is 4.68 Å². The highest BCUT2D eigenvalue weighted by Crippen LogP contribution is 2.27. The zero-order valence-corrected chi connectivity index (χ0v) is 13.7. The maximum atomic E-state index is 12.3. The number of rotatable bonds is 6. The normalized spacial score (nSPS) is 12.2. The Balaban J connectivity index is 2.11. The molecule has 0 saturated heterocycles. The van der Waals surface area contributed by atoms with Gasteiger partial charge in [-0.1, -0.05) is 30.3 Å². The van der Waals surface area contributed by atoms with E-state index >= 15 is 0 Å². The van der Waals surface area contributed by atoms with Gasteiger partial charge in [0.05, 0.1) is 18.4 Å². The SMILES string of the molecule is Cc1c(OS(=O)(=O)C(F)(F)F)cnn(COCc2ccccc2)c1=O. The molecule has 0 atom stereocenters. The second kappa shape index (κ2) is 7.23. The summed E-state index contributed by atoms with van der Waals surface area (Å²) in [6, 6.07) is 9.05. The number of hydrogen-bond acceptors (Lipinski definition) is 6. The highest BCUT2D eigenvalue weighted by atomic mass is 32.2. The van der Waals surface area contributed by atoms with Gasteiger partial charge in [0, 0.05) is 0 Å². The molecular weight excluding hydrogens is 365 g/mol. The molecule has 136 valence electrons. The molecule has 0 unspecified atom stereocenters. The zero-order valence-electron chi connectivity index (χ0n) is 12.9. The van der Waals surface area contributed by atoms with Gasteiger partial charge in [-0.2, -0.15) is 26.7 Å². The first-order chi connectivity index (χ1) is 11.6. The minimum absolute atomic E-state index is 0.189. The number of hydrogen-bond donors (Lipinski definition) is 0. The van der Waals surface area contributed by atoms with Crippen LogP contribution in [0.2, 0.25) is 0 Å². The molecule has 0 aliphatic carbocycles. The number of alkyl halides is 3. The fourth-order valence-electron chi connectivity index (χ4n) is 1.74. The molecule has 0 aliphatic heterocycles. The van der Waals surface area contributed by atoms with Crippen LogP contribution in [0.4, 0.5) is 13.2 Å². The average molecular weight is 378 g/mol. The number of aromatic nitrogens is 2. The van der Waals surface area contributed by atoms with Crippen molar-refractivity contribution in [2.45, 2.75) is 25.8 Å². The first kappa shape index (κ1) is 18.9. The third-order valence-electron chi connectivity index (χ3n) is 3.05. The Morgan fingerprint density at radius 1 is 1.20 bits per heavy atom. The van der Waals surface area contributed by atoms with Crippen LogP contribution in [0.25, 0.3) is 0 Å². The zero-order chi connectivity index (χ0) is 18.7. The van der Waals surface area contributed by atoms with Crippen molar-refractivity contribution >= 4 is 10.1 Å². The maximum absolute atomic E-state index is 12.3. The lowest BCUT2D eigenvalue weighted by molar-refractivity contribution is -0.0500. The smallest absolute Gasteiger partial charge is 0.374 e. The second-order valence-electron chi connectivity index (χ2n) is 4.88. The van der Waals surface area contributed by atoms with Crippen LogP contribution in [-0.4, -0.2) is 23.7 Å². The Bertz CT molecular complexity index is 895.